The van der Waals surface area contributed by atoms with Crippen LogP contribution in [0.1, 0.15) is 0 Å². The van der Waals surface area contributed by atoms with E-state index in [2.05, 4.69) is 13.1 Å². The molecule has 0 aliphatic carbocycles. The summed E-state index contributed by atoms with van der Waals surface area (Å²) in [7, 11) is -3.50. The van der Waals surface area contributed by atoms with E-state index in [9.17, 15) is 0 Å². The zero-order valence-corrected chi connectivity index (χ0v) is 8.43. The van der Waals surface area contributed by atoms with E-state index in [0.29, 0.717) is 0 Å². The summed E-state index contributed by atoms with van der Waals surface area (Å²) < 4.78 is 4.89. The van der Waals surface area contributed by atoms with Gasteiger partial charge in [0.25, 0.3) is 0 Å². The molecule has 0 saturated carbocycles. The van der Waals surface area contributed by atoms with Crippen molar-refractivity contribution in [1.29, 1.82) is 0 Å². The normalized spacial score (nSPS) is 10.8. The van der Waals surface area contributed by atoms with Crippen molar-refractivity contribution < 1.29 is 23.6 Å². The van der Waals surface area contributed by atoms with E-state index in [1.807, 2.05) is 0 Å². The Kier molecular flexibility index (Phi) is 7.69. The Balaban J connectivity index is 0. The Morgan fingerprint density at radius 2 is 1.20 bits per heavy atom. The molecule has 7 heteroatoms. The van der Waals surface area contributed by atoms with Crippen molar-refractivity contribution in [2.45, 2.75) is 13.1 Å². The van der Waals surface area contributed by atoms with E-state index in [1.165, 1.54) is 0 Å². The van der Waals surface area contributed by atoms with Crippen molar-refractivity contribution in [2.75, 3.05) is 7.11 Å². The monoisotopic (exact) mass is 186 g/mol. The third kappa shape index (κ3) is 86.3. The van der Waals surface area contributed by atoms with E-state index in [4.69, 9.17) is 23.6 Å². The molecule has 0 aliphatic heterocycles. The lowest BCUT2D eigenvalue weighted by Gasteiger charge is -1.92. The van der Waals surface area contributed by atoms with Gasteiger partial charge in [-0.3, -0.25) is 0 Å². The van der Waals surface area contributed by atoms with Crippen molar-refractivity contribution in [3.63, 3.8) is 0 Å². The van der Waals surface area contributed by atoms with Crippen molar-refractivity contribution in [3.05, 3.63) is 0 Å². The smallest absolute Gasteiger partial charge is 0.424 e. The molecular formula is C3H14O5Si2. The minimum Gasteiger partial charge on any atom is -0.424 e. The van der Waals surface area contributed by atoms with Gasteiger partial charge in [0.15, 0.2) is 9.04 Å². The molecular weight excluding hydrogens is 172 g/mol. The second-order valence-corrected chi connectivity index (χ2v) is 5.65. The summed E-state index contributed by atoms with van der Waals surface area (Å²) in [5.74, 6) is 0. The maximum atomic E-state index is 7.33. The Morgan fingerprint density at radius 3 is 1.20 bits per heavy atom. The molecule has 0 aromatic rings. The summed E-state index contributed by atoms with van der Waals surface area (Å²) in [4.78, 5) is 29.3. The molecule has 0 aromatic carbocycles. The maximum Gasteiger partial charge on any atom is 0.668 e. The van der Waals surface area contributed by atoms with Crippen LogP contribution in [0.4, 0.5) is 0 Å². The summed E-state index contributed by atoms with van der Waals surface area (Å²) in [5, 5.41) is 0. The molecule has 0 spiro atoms. The van der Waals surface area contributed by atoms with E-state index < -0.39 is 18.1 Å². The highest BCUT2D eigenvalue weighted by Crippen LogP contribution is 1.73. The van der Waals surface area contributed by atoms with E-state index in [1.54, 1.807) is 7.11 Å². The van der Waals surface area contributed by atoms with Gasteiger partial charge in [0.05, 0.1) is 0 Å². The molecule has 0 rings (SSSR count). The first-order valence-electron chi connectivity index (χ1n) is 2.69. The predicted octanol–water partition coefficient (Wildman–Crippen LogP) is -1.99. The molecule has 64 valence electrons. The topological polar surface area (TPSA) is 90.2 Å². The highest BCUT2D eigenvalue weighted by molar-refractivity contribution is 6.48. The molecule has 10 heavy (non-hydrogen) atoms. The molecule has 0 aliphatic rings. The molecule has 4 N–H and O–H groups in total. The van der Waals surface area contributed by atoms with Gasteiger partial charge in [0.1, 0.15) is 0 Å². The van der Waals surface area contributed by atoms with Crippen LogP contribution < -0.4 is 0 Å². The van der Waals surface area contributed by atoms with Crippen molar-refractivity contribution in [3.8, 4) is 0 Å². The van der Waals surface area contributed by atoms with Gasteiger partial charge < -0.3 is 23.6 Å². The average molecular weight is 186 g/mol. The van der Waals surface area contributed by atoms with Crippen LogP contribution in [0.2, 0.25) is 13.1 Å². The summed E-state index contributed by atoms with van der Waals surface area (Å²) >= 11 is 0. The lowest BCUT2D eigenvalue weighted by Crippen LogP contribution is -2.33. The molecule has 0 atom stereocenters. The van der Waals surface area contributed by atoms with Crippen molar-refractivity contribution in [2.24, 2.45) is 0 Å². The zero-order valence-electron chi connectivity index (χ0n) is 6.27. The van der Waals surface area contributed by atoms with Gasteiger partial charge in [-0.05, 0) is 13.1 Å². The van der Waals surface area contributed by atoms with Crippen LogP contribution in [-0.2, 0) is 4.43 Å². The number of hydrogen-bond acceptors (Lipinski definition) is 5. The minimum absolute atomic E-state index is 0.650. The minimum atomic E-state index is -4.61. The second kappa shape index (κ2) is 5.98. The van der Waals surface area contributed by atoms with Crippen LogP contribution in [0, 0.1) is 0 Å². The van der Waals surface area contributed by atoms with E-state index >= 15 is 0 Å². The Labute approximate surface area is 62.7 Å². The summed E-state index contributed by atoms with van der Waals surface area (Å²) in [6.45, 7) is 4.28. The van der Waals surface area contributed by atoms with Gasteiger partial charge in [-0.25, -0.2) is 0 Å². The fourth-order valence-corrected chi connectivity index (χ4v) is 0. The standard InChI is InChI=1S/C3H10OSi.H4O4Si/c1-4-5(2)3;1-5(2,3)4/h5H,1-3H3;1-4H. The fourth-order valence-electron chi connectivity index (χ4n) is 0. The van der Waals surface area contributed by atoms with Crippen molar-refractivity contribution >= 4 is 18.1 Å². The highest BCUT2D eigenvalue weighted by Gasteiger charge is 2.22. The van der Waals surface area contributed by atoms with Gasteiger partial charge in [-0.15, -0.1) is 0 Å². The number of hydrogen-bond donors (Lipinski definition) is 4. The van der Waals surface area contributed by atoms with Crippen LogP contribution in [0.25, 0.3) is 0 Å². The van der Waals surface area contributed by atoms with Crippen LogP contribution in [0.5, 0.6) is 0 Å². The van der Waals surface area contributed by atoms with E-state index in [-0.39, 0.29) is 0 Å². The lowest BCUT2D eigenvalue weighted by atomic mass is 11.8. The van der Waals surface area contributed by atoms with Crippen LogP contribution >= 0.6 is 0 Å². The molecule has 0 fully saturated rings. The quantitative estimate of drug-likeness (QED) is 0.356. The second-order valence-electron chi connectivity index (χ2n) is 1.88. The predicted molar refractivity (Wildman–Crippen MR) is 40.5 cm³/mol. The largest absolute Gasteiger partial charge is 0.668 e. The lowest BCUT2D eigenvalue weighted by molar-refractivity contribution is 0.117. The van der Waals surface area contributed by atoms with E-state index in [0.717, 1.165) is 0 Å². The first-order valence-corrected chi connectivity index (χ1v) is 7.26. The SMILES string of the molecule is CO[SiH](C)C.O[Si](O)(O)O. The highest BCUT2D eigenvalue weighted by atomic mass is 28.4. The molecule has 0 radical (unpaired) electrons. The average Bonchev–Trinajstić information content (AvgIpc) is 1.61. The summed E-state index contributed by atoms with van der Waals surface area (Å²) in [6, 6.07) is 0. The Bertz CT molecular complexity index is 63.8. The van der Waals surface area contributed by atoms with Gasteiger partial charge >= 0.3 is 9.05 Å². The first kappa shape index (κ1) is 12.9. The fraction of sp³-hybridized carbons (Fsp3) is 1.00. The maximum absolute atomic E-state index is 7.33. The van der Waals surface area contributed by atoms with Crippen LogP contribution in [0.3, 0.4) is 0 Å². The summed E-state index contributed by atoms with van der Waals surface area (Å²) in [6.07, 6.45) is 0. The number of rotatable bonds is 1. The van der Waals surface area contributed by atoms with Gasteiger partial charge in [0.2, 0.25) is 0 Å². The van der Waals surface area contributed by atoms with Gasteiger partial charge in [-0.1, -0.05) is 0 Å². The van der Waals surface area contributed by atoms with Gasteiger partial charge in [0, 0.05) is 7.11 Å². The molecule has 0 aromatic heterocycles. The van der Waals surface area contributed by atoms with Gasteiger partial charge in [-0.2, -0.15) is 0 Å². The van der Waals surface area contributed by atoms with Crippen LogP contribution in [-0.4, -0.2) is 44.4 Å². The van der Waals surface area contributed by atoms with Crippen LogP contribution in [0.15, 0.2) is 0 Å². The molecule has 0 bridgehead atoms. The zero-order chi connectivity index (χ0) is 8.78. The molecule has 5 nitrogen and oxygen atoms in total. The molecule has 0 unspecified atom stereocenters. The van der Waals surface area contributed by atoms with Crippen molar-refractivity contribution in [1.82, 2.24) is 0 Å². The molecule has 0 heterocycles. The first-order chi connectivity index (χ1) is 4.27. The Morgan fingerprint density at radius 1 is 1.10 bits per heavy atom. The molecule has 0 amide bonds. The Hall–Kier alpha value is 0.234. The summed E-state index contributed by atoms with van der Waals surface area (Å²) in [5.41, 5.74) is 0. The third-order valence-corrected chi connectivity index (χ3v) is 1.41. The molecule has 0 saturated heterocycles. The third-order valence-electron chi connectivity index (χ3n) is 0.471.